The summed E-state index contributed by atoms with van der Waals surface area (Å²) in [6, 6.07) is 51.4. The van der Waals surface area contributed by atoms with Crippen molar-refractivity contribution >= 4 is 78.7 Å². The standard InChI is InChI=1S/C49H34O8S/c50-45(38-21-17-30-9-1-5-13-34(30)25-38)54-29-42-43(55-46(51)39-22-18-31-10-2-6-14-35(31)26-39)44(56-47(52)40-23-19-32-11-3-7-15-36(32)27-40)49(58-42)57-48(53)41-24-20-33-12-4-8-16-37(33)28-41/h1-28,42-44,49H,29H2/t42-,43+,44+,49?/m1/s1. The van der Waals surface area contributed by atoms with Crippen LogP contribution in [0.5, 0.6) is 0 Å². The van der Waals surface area contributed by atoms with E-state index in [1.54, 1.807) is 48.5 Å². The summed E-state index contributed by atoms with van der Waals surface area (Å²) in [4.78, 5) is 55.4. The molecule has 0 aromatic heterocycles. The predicted molar refractivity (Wildman–Crippen MR) is 225 cm³/mol. The van der Waals surface area contributed by atoms with Crippen LogP contribution in [0.4, 0.5) is 0 Å². The Kier molecular flexibility index (Phi) is 10.0. The van der Waals surface area contributed by atoms with Crippen LogP contribution in [-0.2, 0) is 18.9 Å². The Morgan fingerprint density at radius 1 is 0.379 bits per heavy atom. The zero-order valence-corrected chi connectivity index (χ0v) is 31.7. The molecular weight excluding hydrogens is 749 g/mol. The van der Waals surface area contributed by atoms with Gasteiger partial charge in [-0.05, 0) is 91.6 Å². The lowest BCUT2D eigenvalue weighted by Crippen LogP contribution is -2.42. The summed E-state index contributed by atoms with van der Waals surface area (Å²) in [6.07, 6.45) is -2.49. The molecule has 0 spiro atoms. The lowest BCUT2D eigenvalue weighted by atomic mass is 10.1. The maximum absolute atomic E-state index is 14.0. The molecule has 1 aliphatic heterocycles. The lowest BCUT2D eigenvalue weighted by molar-refractivity contribution is -0.0607. The lowest BCUT2D eigenvalue weighted by Gasteiger charge is -2.25. The molecule has 0 N–H and O–H groups in total. The number of rotatable bonds is 9. The number of ether oxygens (including phenoxy) is 4. The first-order valence-corrected chi connectivity index (χ1v) is 19.7. The molecule has 0 bridgehead atoms. The Morgan fingerprint density at radius 3 is 1.10 bits per heavy atom. The Bertz CT molecular complexity index is 2890. The highest BCUT2D eigenvalue weighted by molar-refractivity contribution is 8.00. The Balaban J connectivity index is 1.05. The second kappa shape index (κ2) is 15.9. The molecule has 58 heavy (non-hydrogen) atoms. The summed E-state index contributed by atoms with van der Waals surface area (Å²) in [6.45, 7) is -0.250. The molecule has 0 aliphatic carbocycles. The topological polar surface area (TPSA) is 105 Å². The van der Waals surface area contributed by atoms with Gasteiger partial charge in [0, 0.05) is 0 Å². The number of benzene rings is 8. The van der Waals surface area contributed by atoms with Gasteiger partial charge in [-0.1, -0.05) is 121 Å². The molecule has 1 aliphatic rings. The van der Waals surface area contributed by atoms with Gasteiger partial charge in [-0.25, -0.2) is 19.2 Å². The molecule has 1 fully saturated rings. The van der Waals surface area contributed by atoms with Gasteiger partial charge < -0.3 is 18.9 Å². The van der Waals surface area contributed by atoms with Gasteiger partial charge in [-0.2, -0.15) is 0 Å². The van der Waals surface area contributed by atoms with Crippen molar-refractivity contribution in [2.24, 2.45) is 0 Å². The largest absolute Gasteiger partial charge is 0.461 e. The zero-order chi connectivity index (χ0) is 39.6. The van der Waals surface area contributed by atoms with Gasteiger partial charge in [0.25, 0.3) is 0 Å². The maximum Gasteiger partial charge on any atom is 0.339 e. The normalized spacial score (nSPS) is 17.6. The van der Waals surface area contributed by atoms with Crippen molar-refractivity contribution in [3.63, 3.8) is 0 Å². The fourth-order valence-electron chi connectivity index (χ4n) is 7.25. The predicted octanol–water partition coefficient (Wildman–Crippen LogP) is 10.2. The minimum Gasteiger partial charge on any atom is -0.461 e. The van der Waals surface area contributed by atoms with E-state index in [1.807, 2.05) is 121 Å². The summed E-state index contributed by atoms with van der Waals surface area (Å²) in [5, 5.41) is 6.37. The van der Waals surface area contributed by atoms with Crippen molar-refractivity contribution in [1.82, 2.24) is 0 Å². The van der Waals surface area contributed by atoms with E-state index in [0.717, 1.165) is 54.9 Å². The van der Waals surface area contributed by atoms with Crippen LogP contribution in [-0.4, -0.2) is 53.4 Å². The molecule has 0 radical (unpaired) electrons. The highest BCUT2D eigenvalue weighted by Gasteiger charge is 2.52. The van der Waals surface area contributed by atoms with Gasteiger partial charge in [-0.3, -0.25) is 0 Å². The van der Waals surface area contributed by atoms with Crippen LogP contribution in [0, 0.1) is 0 Å². The van der Waals surface area contributed by atoms with Crippen molar-refractivity contribution in [3.05, 3.63) is 192 Å². The van der Waals surface area contributed by atoms with Gasteiger partial charge in [0.2, 0.25) is 0 Å². The molecule has 284 valence electrons. The highest BCUT2D eigenvalue weighted by Crippen LogP contribution is 2.41. The Labute approximate surface area is 337 Å². The summed E-state index contributed by atoms with van der Waals surface area (Å²) >= 11 is 1.10. The monoisotopic (exact) mass is 782 g/mol. The van der Waals surface area contributed by atoms with E-state index < -0.39 is 46.8 Å². The van der Waals surface area contributed by atoms with E-state index in [9.17, 15) is 19.2 Å². The molecular formula is C49H34O8S. The van der Waals surface area contributed by atoms with Crippen molar-refractivity contribution in [2.45, 2.75) is 22.9 Å². The summed E-state index contributed by atoms with van der Waals surface area (Å²) in [7, 11) is 0. The van der Waals surface area contributed by atoms with Crippen LogP contribution in [0.15, 0.2) is 170 Å². The SMILES string of the molecule is O=C(OC[C@H]1SC(OC(=O)c2ccc3ccccc3c2)[C@@H](OC(=O)c2ccc3ccccc3c2)[C@H]1OC(=O)c1ccc2ccccc2c1)c1ccc2ccccc2c1. The second-order valence-corrected chi connectivity index (χ2v) is 15.4. The molecule has 1 saturated heterocycles. The first kappa shape index (κ1) is 36.7. The number of hydrogen-bond acceptors (Lipinski definition) is 9. The van der Waals surface area contributed by atoms with Crippen molar-refractivity contribution in [2.75, 3.05) is 6.61 Å². The maximum atomic E-state index is 14.0. The second-order valence-electron chi connectivity index (χ2n) is 14.0. The molecule has 4 atom stereocenters. The van der Waals surface area contributed by atoms with E-state index in [1.165, 1.54) is 0 Å². The molecule has 9 heteroatoms. The molecule has 8 nitrogen and oxygen atoms in total. The fourth-order valence-corrected chi connectivity index (χ4v) is 8.62. The van der Waals surface area contributed by atoms with E-state index in [4.69, 9.17) is 18.9 Å². The minimum atomic E-state index is -1.29. The van der Waals surface area contributed by atoms with E-state index in [-0.39, 0.29) is 23.3 Å². The summed E-state index contributed by atoms with van der Waals surface area (Å²) in [5.41, 5.74) is 0.00262. The summed E-state index contributed by atoms with van der Waals surface area (Å²) in [5.74, 6) is -2.64. The Hall–Kier alpha value is -6.97. The first-order chi connectivity index (χ1) is 28.4. The van der Waals surface area contributed by atoms with Gasteiger partial charge in [0.15, 0.2) is 17.6 Å². The van der Waals surface area contributed by atoms with Crippen molar-refractivity contribution in [1.29, 1.82) is 0 Å². The molecule has 9 rings (SSSR count). The van der Waals surface area contributed by atoms with Crippen LogP contribution in [0.1, 0.15) is 41.4 Å². The average Bonchev–Trinajstić information content (AvgIpc) is 3.58. The van der Waals surface area contributed by atoms with Crippen LogP contribution >= 0.6 is 11.8 Å². The summed E-state index contributed by atoms with van der Waals surface area (Å²) < 4.78 is 24.4. The Morgan fingerprint density at radius 2 is 0.707 bits per heavy atom. The number of esters is 4. The first-order valence-electron chi connectivity index (χ1n) is 18.8. The van der Waals surface area contributed by atoms with E-state index in [0.29, 0.717) is 5.56 Å². The van der Waals surface area contributed by atoms with Crippen molar-refractivity contribution in [3.8, 4) is 0 Å². The van der Waals surface area contributed by atoms with Crippen LogP contribution in [0.3, 0.4) is 0 Å². The third-order valence-corrected chi connectivity index (χ3v) is 11.7. The van der Waals surface area contributed by atoms with Gasteiger partial charge >= 0.3 is 23.9 Å². The number of thioether (sulfide) groups is 1. The van der Waals surface area contributed by atoms with Crippen LogP contribution in [0.2, 0.25) is 0 Å². The number of hydrogen-bond donors (Lipinski definition) is 0. The van der Waals surface area contributed by atoms with E-state index in [2.05, 4.69) is 0 Å². The molecule has 1 heterocycles. The minimum absolute atomic E-state index is 0.250. The quantitative estimate of drug-likeness (QED) is 0.105. The molecule has 8 aromatic rings. The average molecular weight is 783 g/mol. The van der Waals surface area contributed by atoms with E-state index >= 15 is 0 Å². The number of carbonyl (C=O) groups is 4. The fraction of sp³-hybridized carbons (Fsp3) is 0.102. The van der Waals surface area contributed by atoms with Crippen LogP contribution in [0.25, 0.3) is 43.1 Å². The smallest absolute Gasteiger partial charge is 0.339 e. The van der Waals surface area contributed by atoms with Gasteiger partial charge in [-0.15, -0.1) is 11.8 Å². The molecule has 8 aromatic carbocycles. The third kappa shape index (κ3) is 7.60. The van der Waals surface area contributed by atoms with Crippen molar-refractivity contribution < 1.29 is 38.1 Å². The third-order valence-electron chi connectivity index (χ3n) is 10.3. The molecule has 1 unspecified atom stereocenters. The van der Waals surface area contributed by atoms with Gasteiger partial charge in [0.05, 0.1) is 27.5 Å². The zero-order valence-electron chi connectivity index (χ0n) is 30.9. The molecule has 0 saturated carbocycles. The highest BCUT2D eigenvalue weighted by atomic mass is 32.2. The van der Waals surface area contributed by atoms with Crippen LogP contribution < -0.4 is 0 Å². The number of carbonyl (C=O) groups excluding carboxylic acids is 4. The van der Waals surface area contributed by atoms with Gasteiger partial charge in [0.1, 0.15) is 6.61 Å². The molecule has 0 amide bonds. The number of fused-ring (bicyclic) bond motifs is 4.